The van der Waals surface area contributed by atoms with E-state index in [-0.39, 0.29) is 5.78 Å². The third kappa shape index (κ3) is 2.47. The number of aromatic nitrogens is 1. The molecule has 21 heavy (non-hydrogen) atoms. The van der Waals surface area contributed by atoms with Crippen LogP contribution >= 0.6 is 11.6 Å². The molecule has 0 saturated carbocycles. The van der Waals surface area contributed by atoms with Gasteiger partial charge in [0.05, 0.1) is 0 Å². The molecule has 1 N–H and O–H groups in total. The van der Waals surface area contributed by atoms with Crippen LogP contribution < -0.4 is 0 Å². The number of hydrogen-bond acceptors (Lipinski definition) is 1. The summed E-state index contributed by atoms with van der Waals surface area (Å²) in [7, 11) is 0. The summed E-state index contributed by atoms with van der Waals surface area (Å²) in [6, 6.07) is 11.8. The van der Waals surface area contributed by atoms with Gasteiger partial charge in [-0.1, -0.05) is 41.9 Å². The number of aromatic amines is 1. The van der Waals surface area contributed by atoms with Crippen molar-refractivity contribution in [2.24, 2.45) is 0 Å². The monoisotopic (exact) mass is 297 g/mol. The average Bonchev–Trinajstić information content (AvgIpc) is 2.92. The summed E-state index contributed by atoms with van der Waals surface area (Å²) in [6.07, 6.45) is 2.10. The SMILES string of the molecule is Cc1ccc(CC(=O)c2c[nH]c3ccccc23)c(Cl)c1C. The molecule has 0 radical (unpaired) electrons. The minimum atomic E-state index is 0.0811. The molecular weight excluding hydrogens is 282 g/mol. The molecule has 0 aliphatic heterocycles. The average molecular weight is 298 g/mol. The summed E-state index contributed by atoms with van der Waals surface area (Å²) in [6.45, 7) is 4.00. The van der Waals surface area contributed by atoms with Gasteiger partial charge in [0, 0.05) is 34.1 Å². The van der Waals surface area contributed by atoms with Crippen molar-refractivity contribution in [3.05, 3.63) is 69.9 Å². The number of rotatable bonds is 3. The highest BCUT2D eigenvalue weighted by Gasteiger charge is 2.15. The maximum absolute atomic E-state index is 12.6. The Balaban J connectivity index is 1.95. The smallest absolute Gasteiger partial charge is 0.169 e. The quantitative estimate of drug-likeness (QED) is 0.688. The Morgan fingerprint density at radius 3 is 2.71 bits per heavy atom. The lowest BCUT2D eigenvalue weighted by Gasteiger charge is -2.08. The van der Waals surface area contributed by atoms with Crippen LogP contribution in [0, 0.1) is 13.8 Å². The van der Waals surface area contributed by atoms with Gasteiger partial charge >= 0.3 is 0 Å². The predicted octanol–water partition coefficient (Wildman–Crippen LogP) is 4.86. The van der Waals surface area contributed by atoms with Crippen molar-refractivity contribution in [2.45, 2.75) is 20.3 Å². The van der Waals surface area contributed by atoms with E-state index in [0.717, 1.165) is 33.2 Å². The maximum Gasteiger partial charge on any atom is 0.169 e. The molecule has 3 aromatic rings. The minimum absolute atomic E-state index is 0.0811. The molecular formula is C18H16ClNO. The van der Waals surface area contributed by atoms with E-state index in [1.807, 2.05) is 50.2 Å². The number of nitrogens with one attached hydrogen (secondary N) is 1. The van der Waals surface area contributed by atoms with Gasteiger partial charge in [-0.25, -0.2) is 0 Å². The minimum Gasteiger partial charge on any atom is -0.360 e. The summed E-state index contributed by atoms with van der Waals surface area (Å²) >= 11 is 6.36. The van der Waals surface area contributed by atoms with Crippen molar-refractivity contribution in [2.75, 3.05) is 0 Å². The first-order valence-corrected chi connectivity index (χ1v) is 7.29. The van der Waals surface area contributed by atoms with Gasteiger partial charge in [0.2, 0.25) is 0 Å². The summed E-state index contributed by atoms with van der Waals surface area (Å²) in [5.74, 6) is 0.0811. The number of ketones is 1. The van der Waals surface area contributed by atoms with Gasteiger partial charge in [0.25, 0.3) is 0 Å². The highest BCUT2D eigenvalue weighted by molar-refractivity contribution is 6.32. The fraction of sp³-hybridized carbons (Fsp3) is 0.167. The number of hydrogen-bond donors (Lipinski definition) is 1. The van der Waals surface area contributed by atoms with E-state index < -0.39 is 0 Å². The molecule has 0 unspecified atom stereocenters. The van der Waals surface area contributed by atoms with E-state index in [1.165, 1.54) is 0 Å². The zero-order valence-corrected chi connectivity index (χ0v) is 12.8. The molecule has 3 rings (SSSR count). The number of halogens is 1. The molecule has 0 atom stereocenters. The number of carbonyl (C=O) groups is 1. The van der Waals surface area contributed by atoms with E-state index in [2.05, 4.69) is 4.98 Å². The van der Waals surface area contributed by atoms with Crippen molar-refractivity contribution in [3.8, 4) is 0 Å². The van der Waals surface area contributed by atoms with Crippen LogP contribution in [-0.2, 0) is 6.42 Å². The number of Topliss-reactive ketones (excluding diaryl/α,β-unsaturated/α-hetero) is 1. The lowest BCUT2D eigenvalue weighted by atomic mass is 9.99. The third-order valence-corrected chi connectivity index (χ3v) is 4.50. The van der Waals surface area contributed by atoms with Gasteiger partial charge < -0.3 is 4.98 Å². The van der Waals surface area contributed by atoms with Crippen LogP contribution in [0.4, 0.5) is 0 Å². The number of para-hydroxylation sites is 1. The second-order valence-electron chi connectivity index (χ2n) is 5.33. The molecule has 106 valence electrons. The Labute approximate surface area is 128 Å². The van der Waals surface area contributed by atoms with Gasteiger partial charge in [0.15, 0.2) is 5.78 Å². The Bertz CT molecular complexity index is 832. The molecule has 0 bridgehead atoms. The first kappa shape index (κ1) is 13.9. The van der Waals surface area contributed by atoms with Gasteiger partial charge in [-0.3, -0.25) is 4.79 Å². The van der Waals surface area contributed by atoms with Crippen LogP contribution in [-0.4, -0.2) is 10.8 Å². The van der Waals surface area contributed by atoms with Crippen LogP contribution in [0.1, 0.15) is 27.0 Å². The standard InChI is InChI=1S/C18H16ClNO/c1-11-7-8-13(18(19)12(11)2)9-17(21)15-10-20-16-6-4-3-5-14(15)16/h3-8,10,20H,9H2,1-2H3. The molecule has 0 saturated heterocycles. The van der Waals surface area contributed by atoms with Gasteiger partial charge in [0.1, 0.15) is 0 Å². The van der Waals surface area contributed by atoms with Crippen LogP contribution in [0.25, 0.3) is 10.9 Å². The number of carbonyl (C=O) groups excluding carboxylic acids is 1. The summed E-state index contributed by atoms with van der Waals surface area (Å²) in [4.78, 5) is 15.7. The Hall–Kier alpha value is -2.06. The summed E-state index contributed by atoms with van der Waals surface area (Å²) in [5, 5.41) is 1.66. The van der Waals surface area contributed by atoms with E-state index in [0.29, 0.717) is 11.4 Å². The molecule has 0 fully saturated rings. The molecule has 1 aromatic heterocycles. The zero-order chi connectivity index (χ0) is 15.0. The summed E-state index contributed by atoms with van der Waals surface area (Å²) < 4.78 is 0. The van der Waals surface area contributed by atoms with Crippen molar-refractivity contribution < 1.29 is 4.79 Å². The van der Waals surface area contributed by atoms with Crippen molar-refractivity contribution in [3.63, 3.8) is 0 Å². The molecule has 2 aromatic carbocycles. The molecule has 2 nitrogen and oxygen atoms in total. The first-order valence-electron chi connectivity index (χ1n) is 6.92. The lowest BCUT2D eigenvalue weighted by molar-refractivity contribution is 0.0994. The zero-order valence-electron chi connectivity index (χ0n) is 12.0. The van der Waals surface area contributed by atoms with E-state index >= 15 is 0 Å². The van der Waals surface area contributed by atoms with Crippen LogP contribution in [0.2, 0.25) is 5.02 Å². The second kappa shape index (κ2) is 5.38. The topological polar surface area (TPSA) is 32.9 Å². The second-order valence-corrected chi connectivity index (χ2v) is 5.71. The van der Waals surface area contributed by atoms with Crippen LogP contribution in [0.15, 0.2) is 42.6 Å². The molecule has 1 heterocycles. The Morgan fingerprint density at radius 2 is 1.90 bits per heavy atom. The fourth-order valence-corrected chi connectivity index (χ4v) is 2.82. The van der Waals surface area contributed by atoms with E-state index in [9.17, 15) is 4.79 Å². The van der Waals surface area contributed by atoms with Gasteiger partial charge in [-0.15, -0.1) is 0 Å². The van der Waals surface area contributed by atoms with Gasteiger partial charge in [-0.05, 0) is 36.6 Å². The van der Waals surface area contributed by atoms with Crippen LogP contribution in [0.3, 0.4) is 0 Å². The Morgan fingerprint density at radius 1 is 1.14 bits per heavy atom. The van der Waals surface area contributed by atoms with Crippen LogP contribution in [0.5, 0.6) is 0 Å². The maximum atomic E-state index is 12.6. The molecule has 0 aliphatic rings. The largest absolute Gasteiger partial charge is 0.360 e. The molecule has 0 spiro atoms. The summed E-state index contributed by atoms with van der Waals surface area (Å²) in [5.41, 5.74) is 4.77. The Kier molecular flexibility index (Phi) is 3.56. The molecule has 0 amide bonds. The van der Waals surface area contributed by atoms with Crippen molar-refractivity contribution >= 4 is 28.3 Å². The van der Waals surface area contributed by atoms with Crippen molar-refractivity contribution in [1.29, 1.82) is 0 Å². The number of benzene rings is 2. The number of fused-ring (bicyclic) bond motifs is 1. The highest BCUT2D eigenvalue weighted by atomic mass is 35.5. The van der Waals surface area contributed by atoms with Gasteiger partial charge in [-0.2, -0.15) is 0 Å². The first-order chi connectivity index (χ1) is 10.1. The van der Waals surface area contributed by atoms with E-state index in [1.54, 1.807) is 6.20 Å². The number of aryl methyl sites for hydroxylation is 1. The number of H-pyrrole nitrogens is 1. The molecule has 3 heteroatoms. The van der Waals surface area contributed by atoms with Crippen molar-refractivity contribution in [1.82, 2.24) is 4.98 Å². The predicted molar refractivity (Wildman–Crippen MR) is 87.3 cm³/mol. The normalized spacial score (nSPS) is 11.0. The lowest BCUT2D eigenvalue weighted by Crippen LogP contribution is -2.04. The highest BCUT2D eigenvalue weighted by Crippen LogP contribution is 2.26. The molecule has 0 aliphatic carbocycles. The third-order valence-electron chi connectivity index (χ3n) is 3.98. The van der Waals surface area contributed by atoms with E-state index in [4.69, 9.17) is 11.6 Å². The fourth-order valence-electron chi connectivity index (χ4n) is 2.54.